The van der Waals surface area contributed by atoms with Crippen molar-refractivity contribution in [3.8, 4) is 0 Å². The monoisotopic (exact) mass is 290 g/mol. The average molecular weight is 290 g/mol. The fourth-order valence-electron chi connectivity index (χ4n) is 2.47. The first kappa shape index (κ1) is 13.1. The lowest BCUT2D eigenvalue weighted by Crippen LogP contribution is -1.97. The smallest absolute Gasteiger partial charge is 0.338 e. The maximum absolute atomic E-state index is 12.3. The largest absolute Gasteiger partial charge is 0.478 e. The third-order valence-corrected chi connectivity index (χ3v) is 4.83. The molecule has 4 nitrogen and oxygen atoms in total. The second-order valence-electron chi connectivity index (χ2n) is 4.88. The van der Waals surface area contributed by atoms with Crippen LogP contribution < -0.4 is 0 Å². The molecule has 1 aliphatic carbocycles. The lowest BCUT2D eigenvalue weighted by molar-refractivity contribution is 0.0696. The number of benzene rings is 1. The van der Waals surface area contributed by atoms with Crippen LogP contribution in [0.4, 0.5) is 0 Å². The van der Waals surface area contributed by atoms with Crippen LogP contribution in [0.1, 0.15) is 33.7 Å². The van der Waals surface area contributed by atoms with Gasteiger partial charge in [0.25, 0.3) is 0 Å². The number of aryl methyl sites for hydroxylation is 2. The van der Waals surface area contributed by atoms with Crippen LogP contribution in [-0.2, 0) is 29.4 Å². The van der Waals surface area contributed by atoms with Crippen molar-refractivity contribution >= 4 is 16.8 Å². The van der Waals surface area contributed by atoms with Crippen LogP contribution in [-0.4, -0.2) is 15.3 Å². The van der Waals surface area contributed by atoms with Crippen molar-refractivity contribution in [1.82, 2.24) is 0 Å². The predicted octanol–water partition coefficient (Wildman–Crippen LogP) is 2.77. The van der Waals surface area contributed by atoms with E-state index in [4.69, 9.17) is 9.52 Å². The molecule has 1 aromatic heterocycles. The average Bonchev–Trinajstić information content (AvgIpc) is 3.05. The fourth-order valence-corrected chi connectivity index (χ4v) is 3.54. The summed E-state index contributed by atoms with van der Waals surface area (Å²) in [4.78, 5) is 11.5. The van der Waals surface area contributed by atoms with Gasteiger partial charge in [0.15, 0.2) is 0 Å². The summed E-state index contributed by atoms with van der Waals surface area (Å²) in [6.07, 6.45) is 4.48. The fraction of sp³-hybridized carbons (Fsp3) is 0.267. The number of carbonyl (C=O) groups is 1. The van der Waals surface area contributed by atoms with E-state index in [0.29, 0.717) is 5.76 Å². The van der Waals surface area contributed by atoms with Crippen molar-refractivity contribution in [2.45, 2.75) is 29.9 Å². The maximum Gasteiger partial charge on any atom is 0.338 e. The Kier molecular flexibility index (Phi) is 3.44. The van der Waals surface area contributed by atoms with Crippen molar-refractivity contribution < 1.29 is 18.5 Å². The number of hydrogen-bond acceptors (Lipinski definition) is 3. The Morgan fingerprint density at radius 1 is 1.25 bits per heavy atom. The van der Waals surface area contributed by atoms with E-state index >= 15 is 0 Å². The van der Waals surface area contributed by atoms with E-state index in [0.717, 1.165) is 24.2 Å². The van der Waals surface area contributed by atoms with E-state index in [-0.39, 0.29) is 11.3 Å². The van der Waals surface area contributed by atoms with Gasteiger partial charge in [-0.1, -0.05) is 6.07 Å². The molecule has 0 fully saturated rings. The van der Waals surface area contributed by atoms with Crippen LogP contribution in [0.2, 0.25) is 0 Å². The summed E-state index contributed by atoms with van der Waals surface area (Å²) in [7, 11) is -1.21. The molecule has 0 saturated heterocycles. The summed E-state index contributed by atoms with van der Waals surface area (Å²) in [5.74, 6) is -0.406. The highest BCUT2D eigenvalue weighted by Crippen LogP contribution is 2.25. The Bertz CT molecular complexity index is 687. The van der Waals surface area contributed by atoms with Crippen LogP contribution in [0.5, 0.6) is 0 Å². The molecule has 0 spiro atoms. The zero-order valence-corrected chi connectivity index (χ0v) is 11.6. The van der Waals surface area contributed by atoms with E-state index in [2.05, 4.69) is 0 Å². The van der Waals surface area contributed by atoms with Gasteiger partial charge in [-0.15, -0.1) is 0 Å². The zero-order valence-electron chi connectivity index (χ0n) is 10.8. The Morgan fingerprint density at radius 2 is 2.05 bits per heavy atom. The topological polar surface area (TPSA) is 67.5 Å². The van der Waals surface area contributed by atoms with Gasteiger partial charge < -0.3 is 9.52 Å². The molecule has 1 N–H and O–H groups in total. The maximum atomic E-state index is 12.3. The number of carboxylic acid groups (broad SMARTS) is 1. The minimum absolute atomic E-state index is 0.0888. The van der Waals surface area contributed by atoms with Crippen LogP contribution in [0.25, 0.3) is 0 Å². The van der Waals surface area contributed by atoms with E-state index < -0.39 is 16.8 Å². The molecule has 0 aliphatic heterocycles. The first-order chi connectivity index (χ1) is 9.63. The number of carboxylic acids is 1. The summed E-state index contributed by atoms with van der Waals surface area (Å²) in [5, 5.41) is 8.82. The van der Waals surface area contributed by atoms with E-state index in [1.54, 1.807) is 0 Å². The molecular weight excluding hydrogens is 276 g/mol. The molecule has 1 aromatic carbocycles. The standard InChI is InChI=1S/C15H14O4S/c16-15(17)12-6-13(19-8-12)9-20(18)14-5-4-10-2-1-3-11(10)7-14/h4-8H,1-3,9H2,(H,16,17). The molecule has 0 saturated carbocycles. The summed E-state index contributed by atoms with van der Waals surface area (Å²) >= 11 is 0. The highest BCUT2D eigenvalue weighted by molar-refractivity contribution is 7.84. The number of aromatic carboxylic acids is 1. The van der Waals surface area contributed by atoms with E-state index in [9.17, 15) is 9.00 Å². The SMILES string of the molecule is O=C(O)c1coc(CS(=O)c2ccc3c(c2)CCC3)c1. The minimum atomic E-state index is -1.21. The van der Waals surface area contributed by atoms with Crippen LogP contribution in [0.3, 0.4) is 0 Å². The second-order valence-corrected chi connectivity index (χ2v) is 6.33. The lowest BCUT2D eigenvalue weighted by atomic mass is 10.1. The molecule has 0 radical (unpaired) electrons. The Balaban J connectivity index is 1.77. The highest BCUT2D eigenvalue weighted by Gasteiger charge is 2.15. The molecule has 0 amide bonds. The molecule has 3 rings (SSSR count). The molecular formula is C15H14O4S. The van der Waals surface area contributed by atoms with E-state index in [1.165, 1.54) is 23.5 Å². The van der Waals surface area contributed by atoms with Crippen LogP contribution >= 0.6 is 0 Å². The van der Waals surface area contributed by atoms with Gasteiger partial charge in [0.2, 0.25) is 0 Å². The lowest BCUT2D eigenvalue weighted by Gasteiger charge is -2.04. The molecule has 1 heterocycles. The quantitative estimate of drug-likeness (QED) is 0.940. The zero-order chi connectivity index (χ0) is 14.1. The van der Waals surface area contributed by atoms with Crippen molar-refractivity contribution in [2.24, 2.45) is 0 Å². The van der Waals surface area contributed by atoms with Crippen LogP contribution in [0.15, 0.2) is 39.8 Å². The van der Waals surface area contributed by atoms with Gasteiger partial charge in [-0.3, -0.25) is 4.21 Å². The molecule has 5 heteroatoms. The Hall–Kier alpha value is -1.88. The normalized spacial score (nSPS) is 15.0. The molecule has 0 bridgehead atoms. The third kappa shape index (κ3) is 2.54. The number of furan rings is 1. The highest BCUT2D eigenvalue weighted by atomic mass is 32.2. The summed E-state index contributed by atoms with van der Waals surface area (Å²) in [5.41, 5.74) is 2.71. The molecule has 2 aromatic rings. The van der Waals surface area contributed by atoms with Gasteiger partial charge in [0.1, 0.15) is 12.0 Å². The van der Waals surface area contributed by atoms with Gasteiger partial charge in [-0.2, -0.15) is 0 Å². The molecule has 1 aliphatic rings. The van der Waals surface area contributed by atoms with Crippen molar-refractivity contribution in [3.05, 3.63) is 53.0 Å². The molecule has 1 atom stereocenters. The summed E-state index contributed by atoms with van der Waals surface area (Å²) in [6.45, 7) is 0. The van der Waals surface area contributed by atoms with Crippen LogP contribution in [0, 0.1) is 0 Å². The Labute approximate surface area is 118 Å². The van der Waals surface area contributed by atoms with Gasteiger partial charge in [-0.05, 0) is 48.6 Å². The number of hydrogen-bond donors (Lipinski definition) is 1. The van der Waals surface area contributed by atoms with Gasteiger partial charge >= 0.3 is 5.97 Å². The van der Waals surface area contributed by atoms with Crippen molar-refractivity contribution in [2.75, 3.05) is 0 Å². The predicted molar refractivity (Wildman–Crippen MR) is 74.2 cm³/mol. The third-order valence-electron chi connectivity index (χ3n) is 3.51. The van der Waals surface area contributed by atoms with Crippen molar-refractivity contribution in [3.63, 3.8) is 0 Å². The van der Waals surface area contributed by atoms with E-state index in [1.807, 2.05) is 18.2 Å². The number of rotatable bonds is 4. The van der Waals surface area contributed by atoms with Gasteiger partial charge in [0.05, 0.1) is 22.1 Å². The number of fused-ring (bicyclic) bond motifs is 1. The molecule has 20 heavy (non-hydrogen) atoms. The first-order valence-corrected chi connectivity index (χ1v) is 7.76. The van der Waals surface area contributed by atoms with Gasteiger partial charge in [0, 0.05) is 4.90 Å². The summed E-state index contributed by atoms with van der Waals surface area (Å²) < 4.78 is 17.4. The minimum Gasteiger partial charge on any atom is -0.478 e. The Morgan fingerprint density at radius 3 is 2.80 bits per heavy atom. The molecule has 1 unspecified atom stereocenters. The first-order valence-electron chi connectivity index (χ1n) is 6.44. The van der Waals surface area contributed by atoms with Gasteiger partial charge in [-0.25, -0.2) is 4.79 Å². The van der Waals surface area contributed by atoms with Crippen molar-refractivity contribution in [1.29, 1.82) is 0 Å². The second kappa shape index (κ2) is 5.25. The summed E-state index contributed by atoms with van der Waals surface area (Å²) in [6, 6.07) is 7.36. The molecule has 104 valence electrons.